The molecule has 2 amide bonds. The molecule has 0 atom stereocenters. The van der Waals surface area contributed by atoms with Gasteiger partial charge in [0.15, 0.2) is 0 Å². The fraction of sp³-hybridized carbons (Fsp3) is 0.545. The van der Waals surface area contributed by atoms with Crippen LogP contribution in [0.2, 0.25) is 0 Å². The molecule has 1 N–H and O–H groups in total. The number of carbonyl (C=O) groups is 2. The Hall–Kier alpha value is -2.14. The Kier molecular flexibility index (Phi) is 7.45. The number of hydrogen-bond donors (Lipinski definition) is 1. The summed E-state index contributed by atoms with van der Waals surface area (Å²) < 4.78 is 0. The summed E-state index contributed by atoms with van der Waals surface area (Å²) in [5, 5.41) is 2.86. The van der Waals surface area contributed by atoms with E-state index >= 15 is 0 Å². The average Bonchev–Trinajstić information content (AvgIpc) is 2.73. The number of hydrogen-bond acceptors (Lipinski definition) is 3. The minimum Gasteiger partial charge on any atom is -0.347 e. The van der Waals surface area contributed by atoms with Crippen molar-refractivity contribution in [2.24, 2.45) is 5.92 Å². The molecule has 1 aliphatic carbocycles. The monoisotopic (exact) mass is 369 g/mol. The highest BCUT2D eigenvalue weighted by Gasteiger charge is 2.24. The number of benzene rings is 1. The molecule has 27 heavy (non-hydrogen) atoms. The van der Waals surface area contributed by atoms with Crippen LogP contribution in [0.4, 0.5) is 0 Å². The van der Waals surface area contributed by atoms with E-state index in [1.54, 1.807) is 0 Å². The SMILES string of the molecule is O=C(NCC(=O)N1CCN(CC=Cc2ccccc2)CC1)C1CCCCC1. The summed E-state index contributed by atoms with van der Waals surface area (Å²) >= 11 is 0. The van der Waals surface area contributed by atoms with Crippen LogP contribution in [0, 0.1) is 5.92 Å². The Bertz CT molecular complexity index is 630. The lowest BCUT2D eigenvalue weighted by atomic mass is 9.89. The van der Waals surface area contributed by atoms with Crippen molar-refractivity contribution in [1.82, 2.24) is 15.1 Å². The molecule has 0 spiro atoms. The van der Waals surface area contributed by atoms with Crippen LogP contribution in [0.15, 0.2) is 36.4 Å². The van der Waals surface area contributed by atoms with Gasteiger partial charge >= 0.3 is 0 Å². The van der Waals surface area contributed by atoms with Gasteiger partial charge in [0.1, 0.15) is 0 Å². The van der Waals surface area contributed by atoms with Crippen molar-refractivity contribution in [3.8, 4) is 0 Å². The topological polar surface area (TPSA) is 52.7 Å². The molecule has 1 saturated carbocycles. The van der Waals surface area contributed by atoms with Gasteiger partial charge in [0.25, 0.3) is 0 Å². The molecule has 1 aliphatic heterocycles. The third kappa shape index (κ3) is 6.21. The van der Waals surface area contributed by atoms with E-state index in [-0.39, 0.29) is 24.3 Å². The molecule has 0 aromatic heterocycles. The molecule has 146 valence electrons. The smallest absolute Gasteiger partial charge is 0.242 e. The molecule has 1 heterocycles. The molecular weight excluding hydrogens is 338 g/mol. The maximum Gasteiger partial charge on any atom is 0.242 e. The van der Waals surface area contributed by atoms with Crippen molar-refractivity contribution < 1.29 is 9.59 Å². The van der Waals surface area contributed by atoms with Crippen LogP contribution in [-0.4, -0.2) is 60.9 Å². The molecule has 0 unspecified atom stereocenters. The summed E-state index contributed by atoms with van der Waals surface area (Å²) in [4.78, 5) is 28.8. The lowest BCUT2D eigenvalue weighted by molar-refractivity contribution is -0.135. The Balaban J connectivity index is 1.34. The van der Waals surface area contributed by atoms with Gasteiger partial charge in [-0.25, -0.2) is 0 Å². The van der Waals surface area contributed by atoms with Gasteiger partial charge in [-0.2, -0.15) is 0 Å². The van der Waals surface area contributed by atoms with Crippen LogP contribution in [0.3, 0.4) is 0 Å². The van der Waals surface area contributed by atoms with E-state index in [1.165, 1.54) is 12.0 Å². The summed E-state index contributed by atoms with van der Waals surface area (Å²) in [5.74, 6) is 0.214. The fourth-order valence-electron chi connectivity index (χ4n) is 3.87. The first-order valence-electron chi connectivity index (χ1n) is 10.2. The van der Waals surface area contributed by atoms with Crippen molar-refractivity contribution in [1.29, 1.82) is 0 Å². The maximum atomic E-state index is 12.4. The van der Waals surface area contributed by atoms with Crippen molar-refractivity contribution in [3.63, 3.8) is 0 Å². The Labute approximate surface area is 162 Å². The average molecular weight is 370 g/mol. The largest absolute Gasteiger partial charge is 0.347 e. The lowest BCUT2D eigenvalue weighted by Gasteiger charge is -2.34. The maximum absolute atomic E-state index is 12.4. The number of nitrogens with one attached hydrogen (secondary N) is 1. The Morgan fingerprint density at radius 2 is 1.70 bits per heavy atom. The van der Waals surface area contributed by atoms with E-state index in [1.807, 2.05) is 23.1 Å². The third-order valence-corrected chi connectivity index (χ3v) is 5.59. The zero-order chi connectivity index (χ0) is 18.9. The summed E-state index contributed by atoms with van der Waals surface area (Å²) in [6.45, 7) is 4.26. The van der Waals surface area contributed by atoms with Gasteiger partial charge in [-0.1, -0.05) is 61.7 Å². The second kappa shape index (κ2) is 10.3. The van der Waals surface area contributed by atoms with Gasteiger partial charge in [0, 0.05) is 38.6 Å². The second-order valence-corrected chi connectivity index (χ2v) is 7.55. The molecule has 0 bridgehead atoms. The molecule has 3 rings (SSSR count). The molecule has 2 fully saturated rings. The van der Waals surface area contributed by atoms with E-state index in [2.05, 4.69) is 34.5 Å². The van der Waals surface area contributed by atoms with Gasteiger partial charge in [-0.15, -0.1) is 0 Å². The predicted molar refractivity (Wildman–Crippen MR) is 108 cm³/mol. The first-order valence-corrected chi connectivity index (χ1v) is 10.2. The standard InChI is InChI=1S/C22H31N3O2/c26-21(18-23-22(27)20-11-5-2-6-12-20)25-16-14-24(15-17-25)13-7-10-19-8-3-1-4-9-19/h1,3-4,7-10,20H,2,5-6,11-18H2,(H,23,27). The quantitative estimate of drug-likeness (QED) is 0.838. The summed E-state index contributed by atoms with van der Waals surface area (Å²) in [7, 11) is 0. The van der Waals surface area contributed by atoms with E-state index in [0.717, 1.165) is 58.4 Å². The van der Waals surface area contributed by atoms with E-state index in [4.69, 9.17) is 0 Å². The summed E-state index contributed by atoms with van der Waals surface area (Å²) in [5.41, 5.74) is 1.21. The highest BCUT2D eigenvalue weighted by molar-refractivity contribution is 5.85. The van der Waals surface area contributed by atoms with Crippen LogP contribution in [-0.2, 0) is 9.59 Å². The van der Waals surface area contributed by atoms with Crippen molar-refractivity contribution >= 4 is 17.9 Å². The minimum absolute atomic E-state index is 0.0404. The number of piperazine rings is 1. The zero-order valence-electron chi connectivity index (χ0n) is 16.1. The third-order valence-electron chi connectivity index (χ3n) is 5.59. The molecule has 1 aromatic carbocycles. The first kappa shape index (κ1) is 19.6. The highest BCUT2D eigenvalue weighted by atomic mass is 16.2. The molecular formula is C22H31N3O2. The number of amides is 2. The van der Waals surface area contributed by atoms with Crippen molar-refractivity contribution in [3.05, 3.63) is 42.0 Å². The van der Waals surface area contributed by atoms with Gasteiger partial charge in [0.2, 0.25) is 11.8 Å². The normalized spacial score (nSPS) is 19.3. The highest BCUT2D eigenvalue weighted by Crippen LogP contribution is 2.23. The molecule has 1 saturated heterocycles. The molecule has 2 aliphatic rings. The fourth-order valence-corrected chi connectivity index (χ4v) is 3.87. The van der Waals surface area contributed by atoms with E-state index < -0.39 is 0 Å². The van der Waals surface area contributed by atoms with Gasteiger partial charge in [0.05, 0.1) is 6.54 Å². The Morgan fingerprint density at radius 1 is 1.00 bits per heavy atom. The molecule has 5 heteroatoms. The predicted octanol–water partition coefficient (Wildman–Crippen LogP) is 2.54. The first-order chi connectivity index (χ1) is 13.2. The van der Waals surface area contributed by atoms with Gasteiger partial charge in [-0.3, -0.25) is 14.5 Å². The van der Waals surface area contributed by atoms with Crippen LogP contribution in [0.25, 0.3) is 6.08 Å². The molecule has 5 nitrogen and oxygen atoms in total. The summed E-state index contributed by atoms with van der Waals surface area (Å²) in [6.07, 6.45) is 9.74. The number of carbonyl (C=O) groups excluding carboxylic acids is 2. The second-order valence-electron chi connectivity index (χ2n) is 7.55. The van der Waals surface area contributed by atoms with Gasteiger partial charge < -0.3 is 10.2 Å². The van der Waals surface area contributed by atoms with Crippen LogP contribution in [0.1, 0.15) is 37.7 Å². The Morgan fingerprint density at radius 3 is 2.41 bits per heavy atom. The minimum atomic E-state index is 0.0404. The van der Waals surface area contributed by atoms with E-state index in [9.17, 15) is 9.59 Å². The van der Waals surface area contributed by atoms with Crippen LogP contribution < -0.4 is 5.32 Å². The van der Waals surface area contributed by atoms with E-state index in [0.29, 0.717) is 0 Å². The molecule has 1 aromatic rings. The van der Waals surface area contributed by atoms with Crippen LogP contribution in [0.5, 0.6) is 0 Å². The van der Waals surface area contributed by atoms with Gasteiger partial charge in [-0.05, 0) is 18.4 Å². The number of nitrogens with zero attached hydrogens (tertiary/aromatic N) is 2. The summed E-state index contributed by atoms with van der Waals surface area (Å²) in [6, 6.07) is 10.3. The van der Waals surface area contributed by atoms with Crippen molar-refractivity contribution in [2.75, 3.05) is 39.3 Å². The zero-order valence-corrected chi connectivity index (χ0v) is 16.1. The van der Waals surface area contributed by atoms with Crippen LogP contribution >= 0.6 is 0 Å². The van der Waals surface area contributed by atoms with Crippen molar-refractivity contribution in [2.45, 2.75) is 32.1 Å². The molecule has 0 radical (unpaired) electrons. The lowest BCUT2D eigenvalue weighted by Crippen LogP contribution is -2.51. The number of rotatable bonds is 6.